The molecule has 4 atom stereocenters. The average molecular weight is 615 g/mol. The summed E-state index contributed by atoms with van der Waals surface area (Å²) in [6, 6.07) is 21.3. The van der Waals surface area contributed by atoms with Gasteiger partial charge in [0.2, 0.25) is 0 Å². The molecule has 1 N–H and O–H groups in total. The minimum Gasteiger partial charge on any atom is -0.460 e. The first-order valence-electron chi connectivity index (χ1n) is 15.4. The largest absolute Gasteiger partial charge is 0.460 e. The Hall–Kier alpha value is -1.78. The summed E-state index contributed by atoms with van der Waals surface area (Å²) >= 11 is 0. The van der Waals surface area contributed by atoms with E-state index in [1.807, 2.05) is 27.7 Å². The molecule has 2 aromatic carbocycles. The number of hydrogen-bond donors (Lipinski definition) is 1. The van der Waals surface area contributed by atoms with Gasteiger partial charge in [-0.25, -0.2) is 0 Å². The van der Waals surface area contributed by atoms with Gasteiger partial charge in [-0.15, -0.1) is 0 Å². The Morgan fingerprint density at radius 2 is 1.24 bits per heavy atom. The normalized spacial score (nSPS) is 16.4. The quantitative estimate of drug-likeness (QED) is 0.201. The monoisotopic (exact) mass is 614 g/mol. The van der Waals surface area contributed by atoms with Gasteiger partial charge in [0.25, 0.3) is 8.32 Å². The molecular weight excluding hydrogens is 557 g/mol. The molecule has 0 fully saturated rings. The molecule has 0 heterocycles. The highest BCUT2D eigenvalue weighted by Crippen LogP contribution is 2.41. The van der Waals surface area contributed by atoms with E-state index >= 15 is 0 Å². The second-order valence-corrected chi connectivity index (χ2v) is 24.6. The van der Waals surface area contributed by atoms with Crippen molar-refractivity contribution in [1.82, 2.24) is 0 Å². The van der Waals surface area contributed by atoms with Crippen molar-refractivity contribution in [2.75, 3.05) is 6.61 Å². The molecule has 7 heteroatoms. The Morgan fingerprint density at radius 1 is 0.786 bits per heavy atom. The first-order valence-corrected chi connectivity index (χ1v) is 20.3. The van der Waals surface area contributed by atoms with Crippen molar-refractivity contribution < 1.29 is 23.5 Å². The third-order valence-corrected chi connectivity index (χ3v) is 18.2. The van der Waals surface area contributed by atoms with Crippen LogP contribution in [0.3, 0.4) is 0 Å². The van der Waals surface area contributed by atoms with Gasteiger partial charge >= 0.3 is 5.97 Å². The lowest BCUT2D eigenvalue weighted by Gasteiger charge is -2.46. The maximum absolute atomic E-state index is 12.7. The molecule has 0 aliphatic carbocycles. The van der Waals surface area contributed by atoms with Crippen molar-refractivity contribution in [2.45, 2.75) is 124 Å². The van der Waals surface area contributed by atoms with E-state index in [1.54, 1.807) is 0 Å². The average Bonchev–Trinajstić information content (AvgIpc) is 2.85. The van der Waals surface area contributed by atoms with Crippen LogP contribution in [0.2, 0.25) is 23.2 Å². The predicted octanol–water partition coefficient (Wildman–Crippen LogP) is 7.32. The van der Waals surface area contributed by atoms with E-state index in [0.717, 1.165) is 0 Å². The fourth-order valence-electron chi connectivity index (χ4n) is 5.33. The van der Waals surface area contributed by atoms with E-state index < -0.39 is 34.3 Å². The molecule has 0 bridgehead atoms. The minimum absolute atomic E-state index is 0.0142. The lowest BCUT2D eigenvalue weighted by Crippen LogP contribution is -2.67. The molecular formula is C35H58O5Si2. The molecule has 0 radical (unpaired) electrons. The van der Waals surface area contributed by atoms with E-state index in [1.165, 1.54) is 10.4 Å². The smallest absolute Gasteiger partial charge is 0.308 e. The molecule has 0 amide bonds. The lowest BCUT2D eigenvalue weighted by molar-refractivity contribution is -0.158. The first-order chi connectivity index (χ1) is 19.1. The van der Waals surface area contributed by atoms with Gasteiger partial charge in [-0.1, -0.05) is 116 Å². The third-order valence-electron chi connectivity index (χ3n) is 8.70. The number of carbonyl (C=O) groups excluding carboxylic acids is 1. The molecule has 0 saturated heterocycles. The van der Waals surface area contributed by atoms with Gasteiger partial charge in [0.15, 0.2) is 8.32 Å². The second-order valence-electron chi connectivity index (χ2n) is 15.5. The van der Waals surface area contributed by atoms with Crippen LogP contribution in [0.25, 0.3) is 0 Å². The lowest BCUT2D eigenvalue weighted by atomic mass is 9.88. The summed E-state index contributed by atoms with van der Waals surface area (Å²) in [5, 5.41) is 13.6. The summed E-state index contributed by atoms with van der Waals surface area (Å²) in [7, 11) is -4.98. The summed E-state index contributed by atoms with van der Waals surface area (Å²) in [6.45, 7) is 28.1. The van der Waals surface area contributed by atoms with E-state index in [-0.39, 0.29) is 34.4 Å². The third kappa shape index (κ3) is 9.12. The Bertz CT molecular complexity index is 1070. The molecule has 0 aromatic heterocycles. The molecule has 0 saturated carbocycles. The van der Waals surface area contributed by atoms with E-state index in [0.29, 0.717) is 6.61 Å². The van der Waals surface area contributed by atoms with Crippen LogP contribution >= 0.6 is 0 Å². The molecule has 0 aliphatic heterocycles. The van der Waals surface area contributed by atoms with Gasteiger partial charge in [0.1, 0.15) is 5.60 Å². The highest BCUT2D eigenvalue weighted by atomic mass is 28.4. The molecule has 236 valence electrons. The van der Waals surface area contributed by atoms with Crippen molar-refractivity contribution in [1.29, 1.82) is 0 Å². The Balaban J connectivity index is 2.49. The van der Waals surface area contributed by atoms with Crippen molar-refractivity contribution in [3.8, 4) is 0 Å². The maximum Gasteiger partial charge on any atom is 0.308 e. The van der Waals surface area contributed by atoms with Gasteiger partial charge in [-0.2, -0.15) is 0 Å². The van der Waals surface area contributed by atoms with Crippen molar-refractivity contribution in [3.63, 3.8) is 0 Å². The van der Waals surface area contributed by atoms with Gasteiger partial charge in [0.05, 0.1) is 18.6 Å². The summed E-state index contributed by atoms with van der Waals surface area (Å²) in [6.07, 6.45) is -1.27. The zero-order valence-electron chi connectivity index (χ0n) is 28.6. The van der Waals surface area contributed by atoms with Gasteiger partial charge in [-0.3, -0.25) is 4.79 Å². The van der Waals surface area contributed by atoms with Crippen LogP contribution in [0, 0.1) is 11.8 Å². The van der Waals surface area contributed by atoms with E-state index in [2.05, 4.69) is 122 Å². The van der Waals surface area contributed by atoms with E-state index in [9.17, 15) is 9.90 Å². The maximum atomic E-state index is 12.7. The fourth-order valence-corrected chi connectivity index (χ4v) is 11.5. The molecule has 0 aliphatic rings. The molecule has 2 rings (SSSR count). The Labute approximate surface area is 258 Å². The topological polar surface area (TPSA) is 65.0 Å². The van der Waals surface area contributed by atoms with Crippen LogP contribution < -0.4 is 10.4 Å². The number of rotatable bonds is 12. The predicted molar refractivity (Wildman–Crippen MR) is 180 cm³/mol. The molecule has 5 nitrogen and oxygen atoms in total. The number of aliphatic hydroxyl groups excluding tert-OH is 1. The van der Waals surface area contributed by atoms with Crippen LogP contribution in [0.5, 0.6) is 0 Å². The van der Waals surface area contributed by atoms with Gasteiger partial charge in [-0.05, 0) is 54.3 Å². The zero-order chi connectivity index (χ0) is 32.1. The standard InChI is InChI=1S/C35H58O5Si2/c1-26(25-38-42(35(9,10)11,28-20-16-14-17-21-28)29-22-18-15-19-23-29)32(40-41(12,13)34(6,7)8)27(2)30(36)24-31(37)39-33(3,4)5/h14-23,26-27,30,32,36H,24-25H2,1-13H3/t26-,27-,30+,32-/m1/s1. The van der Waals surface area contributed by atoms with Crippen LogP contribution in [0.15, 0.2) is 60.7 Å². The molecule has 2 aromatic rings. The van der Waals surface area contributed by atoms with Crippen molar-refractivity contribution >= 4 is 33.0 Å². The van der Waals surface area contributed by atoms with Crippen LogP contribution in [-0.4, -0.2) is 52.1 Å². The Kier molecular flexibility index (Phi) is 12.0. The summed E-state index contributed by atoms with van der Waals surface area (Å²) < 4.78 is 19.9. The molecule has 0 unspecified atom stereocenters. The highest BCUT2D eigenvalue weighted by Gasteiger charge is 2.51. The van der Waals surface area contributed by atoms with Crippen LogP contribution in [-0.2, 0) is 18.4 Å². The number of carbonyl (C=O) groups is 1. The number of hydrogen-bond acceptors (Lipinski definition) is 5. The van der Waals surface area contributed by atoms with Gasteiger partial charge in [0, 0.05) is 18.4 Å². The number of ether oxygens (including phenoxy) is 1. The minimum atomic E-state index is -2.75. The summed E-state index contributed by atoms with van der Waals surface area (Å²) in [5.41, 5.74) is -0.603. The van der Waals surface area contributed by atoms with Crippen LogP contribution in [0.1, 0.15) is 82.6 Å². The van der Waals surface area contributed by atoms with Crippen LogP contribution in [0.4, 0.5) is 0 Å². The Morgan fingerprint density at radius 3 is 1.62 bits per heavy atom. The highest BCUT2D eigenvalue weighted by molar-refractivity contribution is 6.99. The second kappa shape index (κ2) is 13.9. The summed E-state index contributed by atoms with van der Waals surface area (Å²) in [4.78, 5) is 12.7. The van der Waals surface area contributed by atoms with Crippen molar-refractivity contribution in [2.24, 2.45) is 11.8 Å². The van der Waals surface area contributed by atoms with E-state index in [4.69, 9.17) is 13.6 Å². The number of benzene rings is 2. The summed E-state index contributed by atoms with van der Waals surface area (Å²) in [5.74, 6) is -0.738. The van der Waals surface area contributed by atoms with Crippen molar-refractivity contribution in [3.05, 3.63) is 60.7 Å². The number of esters is 1. The molecule has 42 heavy (non-hydrogen) atoms. The first kappa shape index (κ1) is 36.4. The number of aliphatic hydroxyl groups is 1. The zero-order valence-corrected chi connectivity index (χ0v) is 30.6. The van der Waals surface area contributed by atoms with Gasteiger partial charge < -0.3 is 18.7 Å². The molecule has 0 spiro atoms. The SMILES string of the molecule is C[C@@H]([C@H](O[Si](C)(C)C(C)(C)C)[C@H](C)CO[Si](c1ccccc1)(c1ccccc1)C(C)(C)C)[C@@H](O)CC(=O)OC(C)(C)C. The fraction of sp³-hybridized carbons (Fsp3) is 0.629.